The number of benzene rings is 1. The summed E-state index contributed by atoms with van der Waals surface area (Å²) in [5.41, 5.74) is 2.69. The molecule has 4 nitrogen and oxygen atoms in total. The van der Waals surface area contributed by atoms with E-state index < -0.39 is 0 Å². The van der Waals surface area contributed by atoms with Crippen molar-refractivity contribution in [2.45, 2.75) is 44.8 Å². The maximum absolute atomic E-state index is 10.0. The SMILES string of the molecule is Cc1nc2ccccc2nc1N[C@H]1CCCC[C@@H]1O. The van der Waals surface area contributed by atoms with E-state index in [1.165, 1.54) is 0 Å². The molecule has 19 heavy (non-hydrogen) atoms. The minimum atomic E-state index is -0.276. The maximum atomic E-state index is 10.0. The van der Waals surface area contributed by atoms with Crippen LogP contribution in [0.2, 0.25) is 0 Å². The average molecular weight is 257 g/mol. The fraction of sp³-hybridized carbons (Fsp3) is 0.467. The van der Waals surface area contributed by atoms with Gasteiger partial charge in [0.2, 0.25) is 0 Å². The molecule has 1 heterocycles. The monoisotopic (exact) mass is 257 g/mol. The van der Waals surface area contributed by atoms with Crippen LogP contribution < -0.4 is 5.32 Å². The van der Waals surface area contributed by atoms with Crippen molar-refractivity contribution >= 4 is 16.9 Å². The van der Waals surface area contributed by atoms with Crippen molar-refractivity contribution in [2.24, 2.45) is 0 Å². The quantitative estimate of drug-likeness (QED) is 0.868. The lowest BCUT2D eigenvalue weighted by Crippen LogP contribution is -2.36. The van der Waals surface area contributed by atoms with Gasteiger partial charge in [-0.25, -0.2) is 9.97 Å². The molecule has 1 fully saturated rings. The number of rotatable bonds is 2. The smallest absolute Gasteiger partial charge is 0.148 e. The lowest BCUT2D eigenvalue weighted by Gasteiger charge is -2.29. The summed E-state index contributed by atoms with van der Waals surface area (Å²) in [5, 5.41) is 13.4. The van der Waals surface area contributed by atoms with Crippen molar-refractivity contribution < 1.29 is 5.11 Å². The van der Waals surface area contributed by atoms with Gasteiger partial charge >= 0.3 is 0 Å². The summed E-state index contributed by atoms with van der Waals surface area (Å²) in [7, 11) is 0. The van der Waals surface area contributed by atoms with Gasteiger partial charge in [0.05, 0.1) is 28.9 Å². The Morgan fingerprint density at radius 3 is 2.53 bits per heavy atom. The molecule has 0 bridgehead atoms. The van der Waals surface area contributed by atoms with E-state index in [1.807, 2.05) is 31.2 Å². The van der Waals surface area contributed by atoms with Crippen LogP contribution in [0.1, 0.15) is 31.4 Å². The first kappa shape index (κ1) is 12.4. The van der Waals surface area contributed by atoms with E-state index in [2.05, 4.69) is 15.3 Å². The molecule has 2 aromatic rings. The molecule has 0 radical (unpaired) electrons. The second-order valence-corrected chi connectivity index (χ2v) is 5.25. The van der Waals surface area contributed by atoms with Gasteiger partial charge in [0.15, 0.2) is 0 Å². The Labute approximate surface area is 112 Å². The number of hydrogen-bond acceptors (Lipinski definition) is 4. The van der Waals surface area contributed by atoms with Crippen LogP contribution in [0, 0.1) is 6.92 Å². The van der Waals surface area contributed by atoms with Crippen LogP contribution in [-0.4, -0.2) is 27.2 Å². The van der Waals surface area contributed by atoms with Crippen molar-refractivity contribution in [3.8, 4) is 0 Å². The molecule has 1 aromatic heterocycles. The highest BCUT2D eigenvalue weighted by molar-refractivity contribution is 5.76. The van der Waals surface area contributed by atoms with Crippen LogP contribution in [0.15, 0.2) is 24.3 Å². The van der Waals surface area contributed by atoms with Crippen molar-refractivity contribution in [1.29, 1.82) is 0 Å². The minimum absolute atomic E-state index is 0.0999. The fourth-order valence-electron chi connectivity index (χ4n) is 2.68. The Balaban J connectivity index is 1.89. The maximum Gasteiger partial charge on any atom is 0.148 e. The van der Waals surface area contributed by atoms with Gasteiger partial charge in [-0.05, 0) is 31.9 Å². The predicted molar refractivity (Wildman–Crippen MR) is 76.2 cm³/mol. The molecule has 4 heteroatoms. The molecule has 2 atom stereocenters. The molecular weight excluding hydrogens is 238 g/mol. The highest BCUT2D eigenvalue weighted by Gasteiger charge is 2.23. The molecule has 2 N–H and O–H groups in total. The number of aliphatic hydroxyl groups excluding tert-OH is 1. The molecule has 1 aromatic carbocycles. The first-order chi connectivity index (χ1) is 9.24. The van der Waals surface area contributed by atoms with Crippen LogP contribution >= 0.6 is 0 Å². The number of fused-ring (bicyclic) bond motifs is 1. The summed E-state index contributed by atoms with van der Waals surface area (Å²) >= 11 is 0. The highest BCUT2D eigenvalue weighted by atomic mass is 16.3. The summed E-state index contributed by atoms with van der Waals surface area (Å²) in [4.78, 5) is 9.18. The van der Waals surface area contributed by atoms with Gasteiger partial charge in [-0.15, -0.1) is 0 Å². The third-order valence-electron chi connectivity index (χ3n) is 3.80. The number of hydrogen-bond donors (Lipinski definition) is 2. The first-order valence-corrected chi connectivity index (χ1v) is 6.92. The molecular formula is C15H19N3O. The molecule has 0 aliphatic heterocycles. The molecule has 1 aliphatic rings. The van der Waals surface area contributed by atoms with E-state index in [4.69, 9.17) is 0 Å². The van der Waals surface area contributed by atoms with Crippen LogP contribution in [0.25, 0.3) is 11.0 Å². The number of aromatic nitrogens is 2. The largest absolute Gasteiger partial charge is 0.391 e. The Morgan fingerprint density at radius 2 is 1.79 bits per heavy atom. The van der Waals surface area contributed by atoms with Gasteiger partial charge in [-0.3, -0.25) is 0 Å². The van der Waals surface area contributed by atoms with E-state index in [1.54, 1.807) is 0 Å². The third-order valence-corrected chi connectivity index (χ3v) is 3.80. The van der Waals surface area contributed by atoms with Gasteiger partial charge in [0, 0.05) is 0 Å². The van der Waals surface area contributed by atoms with Crippen molar-refractivity contribution in [3.05, 3.63) is 30.0 Å². The van der Waals surface area contributed by atoms with Crippen LogP contribution in [0.4, 0.5) is 5.82 Å². The number of aryl methyl sites for hydroxylation is 1. The van der Waals surface area contributed by atoms with Crippen molar-refractivity contribution in [2.75, 3.05) is 5.32 Å². The Hall–Kier alpha value is -1.68. The number of aliphatic hydroxyl groups is 1. The molecule has 3 rings (SSSR count). The van der Waals surface area contributed by atoms with Gasteiger partial charge in [-0.1, -0.05) is 25.0 Å². The topological polar surface area (TPSA) is 58.0 Å². The number of para-hydroxylation sites is 2. The Morgan fingerprint density at radius 1 is 1.11 bits per heavy atom. The fourth-order valence-corrected chi connectivity index (χ4v) is 2.68. The number of nitrogens with zero attached hydrogens (tertiary/aromatic N) is 2. The Kier molecular flexibility index (Phi) is 3.34. The lowest BCUT2D eigenvalue weighted by atomic mass is 9.92. The van der Waals surface area contributed by atoms with E-state index in [-0.39, 0.29) is 12.1 Å². The second kappa shape index (κ2) is 5.13. The minimum Gasteiger partial charge on any atom is -0.391 e. The first-order valence-electron chi connectivity index (χ1n) is 6.92. The van der Waals surface area contributed by atoms with Crippen LogP contribution in [-0.2, 0) is 0 Å². The van der Waals surface area contributed by atoms with Crippen molar-refractivity contribution in [3.63, 3.8) is 0 Å². The molecule has 1 aliphatic carbocycles. The number of anilines is 1. The molecule has 0 saturated heterocycles. The standard InChI is InChI=1S/C15H19N3O/c1-10-15(18-13-8-4-5-9-14(13)19)17-12-7-3-2-6-11(12)16-10/h2-3,6-7,13-14,19H,4-5,8-9H2,1H3,(H,17,18)/t13-,14-/m0/s1. The summed E-state index contributed by atoms with van der Waals surface area (Å²) in [5.74, 6) is 0.796. The summed E-state index contributed by atoms with van der Waals surface area (Å²) < 4.78 is 0. The second-order valence-electron chi connectivity index (χ2n) is 5.25. The summed E-state index contributed by atoms with van der Waals surface area (Å²) in [6.07, 6.45) is 3.87. The van der Waals surface area contributed by atoms with Gasteiger partial charge < -0.3 is 10.4 Å². The number of nitrogens with one attached hydrogen (secondary N) is 1. The van der Waals surface area contributed by atoms with E-state index in [9.17, 15) is 5.11 Å². The van der Waals surface area contributed by atoms with Crippen LogP contribution in [0.3, 0.4) is 0 Å². The van der Waals surface area contributed by atoms with Gasteiger partial charge in [-0.2, -0.15) is 0 Å². The summed E-state index contributed by atoms with van der Waals surface area (Å²) in [6, 6.07) is 7.96. The zero-order valence-electron chi connectivity index (χ0n) is 11.1. The average Bonchev–Trinajstić information content (AvgIpc) is 2.42. The zero-order chi connectivity index (χ0) is 13.2. The Bertz CT molecular complexity index is 585. The summed E-state index contributed by atoms with van der Waals surface area (Å²) in [6.45, 7) is 1.96. The lowest BCUT2D eigenvalue weighted by molar-refractivity contribution is 0.116. The normalized spacial score (nSPS) is 23.5. The van der Waals surface area contributed by atoms with Gasteiger partial charge in [0.1, 0.15) is 5.82 Å². The molecule has 1 saturated carbocycles. The molecule has 0 spiro atoms. The van der Waals surface area contributed by atoms with E-state index in [0.717, 1.165) is 48.2 Å². The molecule has 100 valence electrons. The van der Waals surface area contributed by atoms with Crippen molar-refractivity contribution in [1.82, 2.24) is 9.97 Å². The highest BCUT2D eigenvalue weighted by Crippen LogP contribution is 2.23. The zero-order valence-corrected chi connectivity index (χ0v) is 11.1. The van der Waals surface area contributed by atoms with E-state index >= 15 is 0 Å². The van der Waals surface area contributed by atoms with Gasteiger partial charge in [0.25, 0.3) is 0 Å². The predicted octanol–water partition coefficient (Wildman–Crippen LogP) is 2.65. The van der Waals surface area contributed by atoms with E-state index in [0.29, 0.717) is 0 Å². The third kappa shape index (κ3) is 2.54. The van der Waals surface area contributed by atoms with Crippen LogP contribution in [0.5, 0.6) is 0 Å². The molecule has 0 amide bonds. The molecule has 0 unspecified atom stereocenters.